The highest BCUT2D eigenvalue weighted by Crippen LogP contribution is 2.40. The number of hydrogen-bond acceptors (Lipinski definition) is 4. The quantitative estimate of drug-likeness (QED) is 0.382. The molecule has 1 aliphatic rings. The zero-order valence-electron chi connectivity index (χ0n) is 15.6. The molecule has 0 saturated carbocycles. The minimum atomic E-state index is -0.948. The Balaban J connectivity index is 1.87. The van der Waals surface area contributed by atoms with Crippen molar-refractivity contribution in [1.82, 2.24) is 9.88 Å². The number of likely N-dealkylation sites (tertiary alicyclic amines) is 1. The second-order valence-electron chi connectivity index (χ2n) is 6.85. The molecule has 5 nitrogen and oxygen atoms in total. The third kappa shape index (κ3) is 3.69. The summed E-state index contributed by atoms with van der Waals surface area (Å²) < 4.78 is 14.0. The predicted molar refractivity (Wildman–Crippen MR) is 110 cm³/mol. The molecule has 150 valence electrons. The van der Waals surface area contributed by atoms with Crippen molar-refractivity contribution in [2.24, 2.45) is 0 Å². The van der Waals surface area contributed by atoms with Crippen LogP contribution in [0.1, 0.15) is 22.7 Å². The Kier molecular flexibility index (Phi) is 5.33. The normalized spacial score (nSPS) is 18.1. The fourth-order valence-electron chi connectivity index (χ4n) is 3.52. The number of hydrogen-bond donors (Lipinski definition) is 1. The molecule has 0 bridgehead atoms. The standard InChI is InChI=1S/C23H16ClFN2O3/c24-17-8-6-15(7-9-17)21(28)19-20(16-4-1-5-18(25)11-16)27(23(30)22(19)29)13-14-3-2-10-26-12-14/h1-12,20,28H,13H2/t20-/m1/s1. The maximum absolute atomic E-state index is 14.0. The molecule has 4 rings (SSSR count). The number of carbonyl (C=O) groups excluding carboxylic acids is 2. The molecular weight excluding hydrogens is 407 g/mol. The van der Waals surface area contributed by atoms with Crippen LogP contribution in [0.4, 0.5) is 4.39 Å². The van der Waals surface area contributed by atoms with Crippen LogP contribution in [0.15, 0.2) is 78.6 Å². The van der Waals surface area contributed by atoms with Crippen LogP contribution in [0.2, 0.25) is 5.02 Å². The van der Waals surface area contributed by atoms with E-state index in [1.54, 1.807) is 54.9 Å². The number of carbonyl (C=O) groups is 2. The van der Waals surface area contributed by atoms with Gasteiger partial charge in [-0.05, 0) is 53.6 Å². The van der Waals surface area contributed by atoms with Crippen LogP contribution in [0, 0.1) is 5.82 Å². The molecule has 1 amide bonds. The van der Waals surface area contributed by atoms with Crippen molar-refractivity contribution in [1.29, 1.82) is 0 Å². The van der Waals surface area contributed by atoms with Gasteiger partial charge in [-0.2, -0.15) is 0 Å². The predicted octanol–water partition coefficient (Wildman–Crippen LogP) is 4.50. The lowest BCUT2D eigenvalue weighted by molar-refractivity contribution is -0.140. The van der Waals surface area contributed by atoms with E-state index in [1.807, 2.05) is 0 Å². The zero-order chi connectivity index (χ0) is 21.3. The third-order valence-electron chi connectivity index (χ3n) is 4.90. The summed E-state index contributed by atoms with van der Waals surface area (Å²) in [7, 11) is 0. The number of benzene rings is 2. The first-order valence-corrected chi connectivity index (χ1v) is 9.52. The fraction of sp³-hybridized carbons (Fsp3) is 0.0870. The molecule has 2 aromatic carbocycles. The largest absolute Gasteiger partial charge is 0.507 e. The summed E-state index contributed by atoms with van der Waals surface area (Å²) >= 11 is 5.91. The van der Waals surface area contributed by atoms with Gasteiger partial charge in [0.15, 0.2) is 0 Å². The monoisotopic (exact) mass is 422 g/mol. The summed E-state index contributed by atoms with van der Waals surface area (Å²) in [4.78, 5) is 31.1. The van der Waals surface area contributed by atoms with Crippen LogP contribution in [-0.2, 0) is 16.1 Å². The number of Topliss-reactive ketones (excluding diaryl/α,β-unsaturated/α-hetero) is 1. The van der Waals surface area contributed by atoms with Crippen LogP contribution < -0.4 is 0 Å². The minimum absolute atomic E-state index is 0.0803. The zero-order valence-corrected chi connectivity index (χ0v) is 16.4. The van der Waals surface area contributed by atoms with Crippen molar-refractivity contribution >= 4 is 29.1 Å². The molecule has 7 heteroatoms. The minimum Gasteiger partial charge on any atom is -0.507 e. The molecule has 1 atom stereocenters. The number of aromatic nitrogens is 1. The summed E-state index contributed by atoms with van der Waals surface area (Å²) in [6.45, 7) is 0.0803. The van der Waals surface area contributed by atoms with Crippen LogP contribution in [0.25, 0.3) is 5.76 Å². The second kappa shape index (κ2) is 8.08. The molecule has 30 heavy (non-hydrogen) atoms. The number of rotatable bonds is 4. The van der Waals surface area contributed by atoms with Gasteiger partial charge in [0, 0.05) is 29.5 Å². The van der Waals surface area contributed by atoms with Gasteiger partial charge < -0.3 is 10.0 Å². The summed E-state index contributed by atoms with van der Waals surface area (Å²) in [5, 5.41) is 11.4. The van der Waals surface area contributed by atoms with E-state index >= 15 is 0 Å². The number of aliphatic hydroxyl groups is 1. The molecule has 1 saturated heterocycles. The molecule has 0 radical (unpaired) electrons. The summed E-state index contributed by atoms with van der Waals surface area (Å²) in [6.07, 6.45) is 3.18. The molecular formula is C23H16ClFN2O3. The Morgan fingerprint density at radius 1 is 1.10 bits per heavy atom. The number of halogens is 2. The highest BCUT2D eigenvalue weighted by Gasteiger charge is 2.46. The SMILES string of the molecule is O=C1C(=O)N(Cc2cccnc2)[C@H](c2cccc(F)c2)C1=C(O)c1ccc(Cl)cc1. The summed E-state index contributed by atoms with van der Waals surface area (Å²) in [5.41, 5.74) is 1.32. The van der Waals surface area contributed by atoms with Crippen molar-refractivity contribution < 1.29 is 19.1 Å². The first-order chi connectivity index (χ1) is 14.5. The number of ketones is 1. The topological polar surface area (TPSA) is 70.5 Å². The van der Waals surface area contributed by atoms with E-state index in [0.717, 1.165) is 0 Å². The second-order valence-corrected chi connectivity index (χ2v) is 7.29. The van der Waals surface area contributed by atoms with E-state index in [0.29, 0.717) is 21.7 Å². The lowest BCUT2D eigenvalue weighted by Crippen LogP contribution is -2.29. The maximum atomic E-state index is 14.0. The van der Waals surface area contributed by atoms with E-state index in [2.05, 4.69) is 4.98 Å². The lowest BCUT2D eigenvalue weighted by atomic mass is 9.95. The molecule has 3 aromatic rings. The Hall–Kier alpha value is -3.51. The number of amides is 1. The molecule has 2 heterocycles. The van der Waals surface area contributed by atoms with Gasteiger partial charge in [0.05, 0.1) is 11.6 Å². The fourth-order valence-corrected chi connectivity index (χ4v) is 3.64. The smallest absolute Gasteiger partial charge is 0.295 e. The molecule has 0 aliphatic carbocycles. The van der Waals surface area contributed by atoms with E-state index in [4.69, 9.17) is 11.6 Å². The number of nitrogens with zero attached hydrogens (tertiary/aromatic N) is 2. The third-order valence-corrected chi connectivity index (χ3v) is 5.15. The molecule has 0 unspecified atom stereocenters. The van der Waals surface area contributed by atoms with E-state index in [1.165, 1.54) is 23.1 Å². The molecule has 1 aromatic heterocycles. The lowest BCUT2D eigenvalue weighted by Gasteiger charge is -2.25. The van der Waals surface area contributed by atoms with Gasteiger partial charge in [-0.3, -0.25) is 14.6 Å². The number of pyridine rings is 1. The van der Waals surface area contributed by atoms with E-state index < -0.39 is 23.5 Å². The van der Waals surface area contributed by atoms with Crippen molar-refractivity contribution in [2.75, 3.05) is 0 Å². The van der Waals surface area contributed by atoms with Crippen LogP contribution in [-0.4, -0.2) is 26.7 Å². The van der Waals surface area contributed by atoms with E-state index in [-0.39, 0.29) is 17.9 Å². The van der Waals surface area contributed by atoms with Crippen molar-refractivity contribution in [3.63, 3.8) is 0 Å². The van der Waals surface area contributed by atoms with Gasteiger partial charge in [0.2, 0.25) is 0 Å². The van der Waals surface area contributed by atoms with Gasteiger partial charge >= 0.3 is 0 Å². The molecule has 0 spiro atoms. The molecule has 1 N–H and O–H groups in total. The van der Waals surface area contributed by atoms with Crippen LogP contribution in [0.3, 0.4) is 0 Å². The average Bonchev–Trinajstić information content (AvgIpc) is 2.99. The van der Waals surface area contributed by atoms with Crippen molar-refractivity contribution in [2.45, 2.75) is 12.6 Å². The first-order valence-electron chi connectivity index (χ1n) is 9.14. The van der Waals surface area contributed by atoms with Crippen molar-refractivity contribution in [3.8, 4) is 0 Å². The highest BCUT2D eigenvalue weighted by molar-refractivity contribution is 6.46. The van der Waals surface area contributed by atoms with Gasteiger partial charge in [-0.1, -0.05) is 29.8 Å². The Bertz CT molecular complexity index is 1150. The van der Waals surface area contributed by atoms with E-state index in [9.17, 15) is 19.1 Å². The van der Waals surface area contributed by atoms with Gasteiger partial charge in [-0.25, -0.2) is 4.39 Å². The number of aliphatic hydroxyl groups excluding tert-OH is 1. The average molecular weight is 423 g/mol. The van der Waals surface area contributed by atoms with Crippen LogP contribution in [0.5, 0.6) is 0 Å². The molecule has 1 aliphatic heterocycles. The van der Waals surface area contributed by atoms with Gasteiger partial charge in [0.25, 0.3) is 11.7 Å². The van der Waals surface area contributed by atoms with Gasteiger partial charge in [0.1, 0.15) is 11.6 Å². The Morgan fingerprint density at radius 3 is 2.53 bits per heavy atom. The Labute approximate surface area is 177 Å². The van der Waals surface area contributed by atoms with Gasteiger partial charge in [-0.15, -0.1) is 0 Å². The first kappa shape index (κ1) is 19.8. The summed E-state index contributed by atoms with van der Waals surface area (Å²) in [5.74, 6) is -2.46. The molecule has 1 fully saturated rings. The maximum Gasteiger partial charge on any atom is 0.295 e. The summed E-state index contributed by atoms with van der Waals surface area (Å²) in [6, 6.07) is 14.4. The highest BCUT2D eigenvalue weighted by atomic mass is 35.5. The van der Waals surface area contributed by atoms with Crippen LogP contribution >= 0.6 is 11.6 Å². The van der Waals surface area contributed by atoms with Crippen molar-refractivity contribution in [3.05, 3.63) is 106 Å². The Morgan fingerprint density at radius 2 is 1.87 bits per heavy atom.